The molecule has 176 valence electrons. The molecule has 8 nitrogen and oxygen atoms in total. The number of benzene rings is 2. The van der Waals surface area contributed by atoms with E-state index < -0.39 is 11.7 Å². The van der Waals surface area contributed by atoms with Crippen LogP contribution in [-0.4, -0.2) is 29.7 Å². The summed E-state index contributed by atoms with van der Waals surface area (Å²) in [5.74, 6) is 1.72. The minimum atomic E-state index is -0.509. The van der Waals surface area contributed by atoms with Gasteiger partial charge in [0.15, 0.2) is 0 Å². The number of nitrogens with one attached hydrogen (secondary N) is 1. The number of aromatic nitrogens is 2. The lowest BCUT2D eigenvalue weighted by atomic mass is 10.0. The van der Waals surface area contributed by atoms with E-state index in [0.29, 0.717) is 28.5 Å². The summed E-state index contributed by atoms with van der Waals surface area (Å²) in [6.45, 7) is 1.87. The summed E-state index contributed by atoms with van der Waals surface area (Å²) in [5, 5.41) is 3.88. The first-order valence-corrected chi connectivity index (χ1v) is 10.9. The van der Waals surface area contributed by atoms with Gasteiger partial charge in [-0.25, -0.2) is 9.78 Å². The van der Waals surface area contributed by atoms with E-state index in [2.05, 4.69) is 10.3 Å². The van der Waals surface area contributed by atoms with E-state index in [0.717, 1.165) is 16.5 Å². The summed E-state index contributed by atoms with van der Waals surface area (Å²) in [6, 6.07) is 12.3. The Kier molecular flexibility index (Phi) is 6.67. The van der Waals surface area contributed by atoms with Gasteiger partial charge in [0.05, 0.1) is 14.2 Å². The zero-order valence-corrected chi connectivity index (χ0v) is 19.6. The Hall–Kier alpha value is -4.07. The number of hydrogen-bond donors (Lipinski definition) is 1. The average molecular weight is 462 g/mol. The topological polar surface area (TPSA) is 95.6 Å². The van der Waals surface area contributed by atoms with E-state index in [1.165, 1.54) is 0 Å². The van der Waals surface area contributed by atoms with E-state index in [1.807, 2.05) is 61.1 Å². The number of amides is 1. The standard InChI is InChI=1S/C26H27N3O5/c1-16-18-10-9-17(32-3)15-22(18)34-26(31)19(16)11-12-23(30)28-24(25-27-13-14-29(25)2)20-7-5-6-8-21(20)33-4/h5-10,13-15,24H,11-12H2,1-4H3,(H,28,30). The molecule has 2 heterocycles. The molecule has 0 fully saturated rings. The van der Waals surface area contributed by atoms with Crippen LogP contribution in [0.4, 0.5) is 0 Å². The van der Waals surface area contributed by atoms with Crippen molar-refractivity contribution >= 4 is 16.9 Å². The van der Waals surface area contributed by atoms with Crippen molar-refractivity contribution in [3.63, 3.8) is 0 Å². The second-order valence-corrected chi connectivity index (χ2v) is 7.99. The molecule has 0 aliphatic rings. The third kappa shape index (κ3) is 4.52. The highest BCUT2D eigenvalue weighted by Crippen LogP contribution is 2.29. The third-order valence-corrected chi connectivity index (χ3v) is 5.97. The van der Waals surface area contributed by atoms with E-state index >= 15 is 0 Å². The van der Waals surface area contributed by atoms with E-state index in [9.17, 15) is 9.59 Å². The number of fused-ring (bicyclic) bond motifs is 1. The van der Waals surface area contributed by atoms with Crippen LogP contribution in [0.25, 0.3) is 11.0 Å². The van der Waals surface area contributed by atoms with Crippen molar-refractivity contribution in [2.75, 3.05) is 14.2 Å². The zero-order valence-electron chi connectivity index (χ0n) is 19.6. The third-order valence-electron chi connectivity index (χ3n) is 5.97. The largest absolute Gasteiger partial charge is 0.497 e. The molecule has 0 aliphatic carbocycles. The van der Waals surface area contributed by atoms with Gasteiger partial charge in [-0.05, 0) is 37.1 Å². The molecule has 1 unspecified atom stereocenters. The first-order valence-electron chi connectivity index (χ1n) is 10.9. The number of rotatable bonds is 8. The van der Waals surface area contributed by atoms with Gasteiger partial charge in [-0.1, -0.05) is 18.2 Å². The van der Waals surface area contributed by atoms with Gasteiger partial charge >= 0.3 is 5.63 Å². The van der Waals surface area contributed by atoms with Crippen LogP contribution in [0.3, 0.4) is 0 Å². The Bertz CT molecular complexity index is 1390. The number of para-hydroxylation sites is 1. The molecule has 4 aromatic rings. The Balaban J connectivity index is 1.58. The highest BCUT2D eigenvalue weighted by atomic mass is 16.5. The van der Waals surface area contributed by atoms with Crippen LogP contribution in [0.5, 0.6) is 11.5 Å². The van der Waals surface area contributed by atoms with Crippen LogP contribution in [0.1, 0.15) is 35.0 Å². The average Bonchev–Trinajstić information content (AvgIpc) is 3.27. The second kappa shape index (κ2) is 9.82. The summed E-state index contributed by atoms with van der Waals surface area (Å²) >= 11 is 0. The molecule has 1 N–H and O–H groups in total. The van der Waals surface area contributed by atoms with Gasteiger partial charge in [0, 0.05) is 48.4 Å². The van der Waals surface area contributed by atoms with Gasteiger partial charge < -0.3 is 23.8 Å². The fourth-order valence-electron chi connectivity index (χ4n) is 4.10. The number of imidazole rings is 1. The normalized spacial score (nSPS) is 11.9. The number of hydrogen-bond acceptors (Lipinski definition) is 6. The van der Waals surface area contributed by atoms with Gasteiger partial charge in [0.2, 0.25) is 5.91 Å². The van der Waals surface area contributed by atoms with Crippen LogP contribution >= 0.6 is 0 Å². The van der Waals surface area contributed by atoms with Crippen LogP contribution in [-0.2, 0) is 18.3 Å². The van der Waals surface area contributed by atoms with Crippen molar-refractivity contribution in [1.82, 2.24) is 14.9 Å². The lowest BCUT2D eigenvalue weighted by molar-refractivity contribution is -0.121. The minimum absolute atomic E-state index is 0.114. The van der Waals surface area contributed by atoms with Gasteiger partial charge in [-0.15, -0.1) is 0 Å². The van der Waals surface area contributed by atoms with E-state index in [-0.39, 0.29) is 18.7 Å². The summed E-state index contributed by atoms with van der Waals surface area (Å²) in [6.07, 6.45) is 3.87. The predicted molar refractivity (Wildman–Crippen MR) is 128 cm³/mol. The van der Waals surface area contributed by atoms with Crippen LogP contribution < -0.4 is 20.4 Å². The Morgan fingerprint density at radius 1 is 1.18 bits per heavy atom. The molecule has 0 saturated heterocycles. The highest BCUT2D eigenvalue weighted by Gasteiger charge is 2.24. The van der Waals surface area contributed by atoms with Gasteiger partial charge in [0.1, 0.15) is 28.9 Å². The maximum Gasteiger partial charge on any atom is 0.339 e. The van der Waals surface area contributed by atoms with Crippen LogP contribution in [0.2, 0.25) is 0 Å². The molecule has 0 spiro atoms. The first kappa shape index (κ1) is 23.1. The lowest BCUT2D eigenvalue weighted by Gasteiger charge is -2.21. The number of aryl methyl sites for hydroxylation is 2. The fraction of sp³-hybridized carbons (Fsp3) is 0.269. The van der Waals surface area contributed by atoms with E-state index in [1.54, 1.807) is 26.5 Å². The maximum atomic E-state index is 13.0. The number of methoxy groups -OCH3 is 2. The molecule has 1 atom stereocenters. The smallest absolute Gasteiger partial charge is 0.339 e. The molecule has 2 aromatic heterocycles. The fourth-order valence-corrected chi connectivity index (χ4v) is 4.10. The number of carbonyl (C=O) groups is 1. The molecule has 0 aliphatic heterocycles. The molecule has 8 heteroatoms. The van der Waals surface area contributed by atoms with Crippen molar-refractivity contribution in [3.05, 3.63) is 87.8 Å². The first-order chi connectivity index (χ1) is 16.4. The number of nitrogens with zero attached hydrogens (tertiary/aromatic N) is 2. The molecule has 0 radical (unpaired) electrons. The van der Waals surface area contributed by atoms with Crippen molar-refractivity contribution in [3.8, 4) is 11.5 Å². The maximum absolute atomic E-state index is 13.0. The summed E-state index contributed by atoms with van der Waals surface area (Å²) in [5.41, 5.74) is 2.09. The SMILES string of the molecule is COc1ccc2c(C)c(CCC(=O)NC(c3ccccc3OC)c3nccn3C)c(=O)oc2c1. The Morgan fingerprint density at radius 3 is 2.68 bits per heavy atom. The van der Waals surface area contributed by atoms with Crippen LogP contribution in [0, 0.1) is 6.92 Å². The van der Waals surface area contributed by atoms with Crippen molar-refractivity contribution < 1.29 is 18.7 Å². The molecule has 4 rings (SSSR count). The number of ether oxygens (including phenoxy) is 2. The van der Waals surface area contributed by atoms with Crippen molar-refractivity contribution in [2.45, 2.75) is 25.8 Å². The lowest BCUT2D eigenvalue weighted by Crippen LogP contribution is -2.32. The van der Waals surface area contributed by atoms with Gasteiger partial charge in [-0.2, -0.15) is 0 Å². The summed E-state index contributed by atoms with van der Waals surface area (Å²) in [7, 11) is 5.02. The quantitative estimate of drug-likeness (QED) is 0.402. The second-order valence-electron chi connectivity index (χ2n) is 7.99. The molecular formula is C26H27N3O5. The zero-order chi connectivity index (χ0) is 24.2. The van der Waals surface area contributed by atoms with Gasteiger partial charge in [0.25, 0.3) is 0 Å². The van der Waals surface area contributed by atoms with E-state index in [4.69, 9.17) is 13.9 Å². The molecule has 1 amide bonds. The molecule has 34 heavy (non-hydrogen) atoms. The highest BCUT2D eigenvalue weighted by molar-refractivity contribution is 5.83. The van der Waals surface area contributed by atoms with Crippen molar-refractivity contribution in [1.29, 1.82) is 0 Å². The number of carbonyl (C=O) groups excluding carboxylic acids is 1. The molecular weight excluding hydrogens is 434 g/mol. The summed E-state index contributed by atoms with van der Waals surface area (Å²) in [4.78, 5) is 30.1. The minimum Gasteiger partial charge on any atom is -0.497 e. The molecule has 0 bridgehead atoms. The monoisotopic (exact) mass is 461 g/mol. The van der Waals surface area contributed by atoms with Crippen molar-refractivity contribution in [2.24, 2.45) is 7.05 Å². The Morgan fingerprint density at radius 2 is 1.97 bits per heavy atom. The Labute approximate surface area is 197 Å². The van der Waals surface area contributed by atoms with Crippen LogP contribution in [0.15, 0.2) is 64.1 Å². The molecule has 2 aromatic carbocycles. The molecule has 0 saturated carbocycles. The summed E-state index contributed by atoms with van der Waals surface area (Å²) < 4.78 is 18.1. The predicted octanol–water partition coefficient (Wildman–Crippen LogP) is 3.69. The van der Waals surface area contributed by atoms with Gasteiger partial charge in [-0.3, -0.25) is 4.79 Å².